The van der Waals surface area contributed by atoms with Crippen LogP contribution in [-0.4, -0.2) is 13.1 Å². The van der Waals surface area contributed by atoms with Crippen LogP contribution in [0.1, 0.15) is 31.7 Å². The maximum absolute atomic E-state index is 5.85. The van der Waals surface area contributed by atoms with Gasteiger partial charge in [0.1, 0.15) is 0 Å². The van der Waals surface area contributed by atoms with Crippen molar-refractivity contribution in [3.05, 3.63) is 28.2 Å². The number of anilines is 1. The molecule has 3 heteroatoms. The number of nitrogens with zero attached hydrogens (tertiary/aromatic N) is 1. The SMILES string of the molecule is CC1CCCN(c2ccc(CCl)cc2Br)CC1. The number of hydrogen-bond acceptors (Lipinski definition) is 1. The van der Waals surface area contributed by atoms with E-state index in [1.165, 1.54) is 48.1 Å². The summed E-state index contributed by atoms with van der Waals surface area (Å²) in [6, 6.07) is 6.45. The van der Waals surface area contributed by atoms with Crippen molar-refractivity contribution in [1.82, 2.24) is 0 Å². The molecular weight excluding hydrogens is 298 g/mol. The molecule has 1 atom stereocenters. The predicted molar refractivity (Wildman–Crippen MR) is 78.9 cm³/mol. The van der Waals surface area contributed by atoms with Gasteiger partial charge in [0.2, 0.25) is 0 Å². The van der Waals surface area contributed by atoms with Gasteiger partial charge < -0.3 is 4.90 Å². The molecule has 0 N–H and O–H groups in total. The lowest BCUT2D eigenvalue weighted by molar-refractivity contribution is 0.521. The molecular formula is C14H19BrClN. The molecule has 1 aromatic rings. The quantitative estimate of drug-likeness (QED) is 0.707. The summed E-state index contributed by atoms with van der Waals surface area (Å²) in [4.78, 5) is 2.49. The highest BCUT2D eigenvalue weighted by Crippen LogP contribution is 2.30. The van der Waals surface area contributed by atoms with Crippen molar-refractivity contribution < 1.29 is 0 Å². The first-order valence-corrected chi connectivity index (χ1v) is 7.63. The molecule has 0 aliphatic carbocycles. The molecule has 1 aliphatic heterocycles. The lowest BCUT2D eigenvalue weighted by atomic mass is 10.0. The number of hydrogen-bond donors (Lipinski definition) is 0. The van der Waals surface area contributed by atoms with E-state index >= 15 is 0 Å². The summed E-state index contributed by atoms with van der Waals surface area (Å²) in [7, 11) is 0. The van der Waals surface area contributed by atoms with Crippen LogP contribution >= 0.6 is 27.5 Å². The van der Waals surface area contributed by atoms with Crippen LogP contribution in [0, 0.1) is 5.92 Å². The van der Waals surface area contributed by atoms with Crippen molar-refractivity contribution in [2.45, 2.75) is 32.1 Å². The minimum Gasteiger partial charge on any atom is -0.371 e. The standard InChI is InChI=1S/C14H19BrClN/c1-11-3-2-7-17(8-6-11)14-5-4-12(10-16)9-13(14)15/h4-5,9,11H,2-3,6-8,10H2,1H3. The first kappa shape index (κ1) is 13.2. The Morgan fingerprint density at radius 2 is 2.18 bits per heavy atom. The van der Waals surface area contributed by atoms with E-state index < -0.39 is 0 Å². The lowest BCUT2D eigenvalue weighted by Gasteiger charge is -2.24. The third kappa shape index (κ3) is 3.38. The number of rotatable bonds is 2. The second-order valence-electron chi connectivity index (χ2n) is 4.94. The molecule has 1 fully saturated rings. The van der Waals surface area contributed by atoms with Gasteiger partial charge in [0, 0.05) is 23.4 Å². The first-order chi connectivity index (χ1) is 8.20. The van der Waals surface area contributed by atoms with Gasteiger partial charge >= 0.3 is 0 Å². The van der Waals surface area contributed by atoms with Crippen molar-refractivity contribution in [2.24, 2.45) is 5.92 Å². The van der Waals surface area contributed by atoms with Crippen LogP contribution in [0.5, 0.6) is 0 Å². The zero-order valence-electron chi connectivity index (χ0n) is 10.3. The molecule has 0 spiro atoms. The largest absolute Gasteiger partial charge is 0.371 e. The Labute approximate surface area is 117 Å². The summed E-state index contributed by atoms with van der Waals surface area (Å²) in [5, 5.41) is 0. The van der Waals surface area contributed by atoms with Crippen LogP contribution in [0.3, 0.4) is 0 Å². The van der Waals surface area contributed by atoms with E-state index in [9.17, 15) is 0 Å². The molecule has 0 aromatic heterocycles. The third-order valence-corrected chi connectivity index (χ3v) is 4.47. The molecule has 17 heavy (non-hydrogen) atoms. The van der Waals surface area contributed by atoms with Crippen LogP contribution in [0.4, 0.5) is 5.69 Å². The first-order valence-electron chi connectivity index (χ1n) is 6.30. The second-order valence-corrected chi connectivity index (χ2v) is 6.06. The Morgan fingerprint density at radius 3 is 2.88 bits per heavy atom. The van der Waals surface area contributed by atoms with Crippen molar-refractivity contribution >= 4 is 33.2 Å². The van der Waals surface area contributed by atoms with Gasteiger partial charge in [-0.3, -0.25) is 0 Å². The molecule has 1 aliphatic rings. The minimum absolute atomic E-state index is 0.579. The Balaban J connectivity index is 2.15. The molecule has 0 radical (unpaired) electrons. The topological polar surface area (TPSA) is 3.24 Å². The average molecular weight is 317 g/mol. The normalized spacial score (nSPS) is 21.4. The molecule has 1 aromatic carbocycles. The Kier molecular flexibility index (Phi) is 4.75. The van der Waals surface area contributed by atoms with Crippen LogP contribution < -0.4 is 4.90 Å². The molecule has 1 heterocycles. The van der Waals surface area contributed by atoms with Crippen molar-refractivity contribution in [3.8, 4) is 0 Å². The summed E-state index contributed by atoms with van der Waals surface area (Å²) in [6.07, 6.45) is 3.95. The van der Waals surface area contributed by atoms with Crippen LogP contribution in [0.2, 0.25) is 0 Å². The molecule has 1 unspecified atom stereocenters. The van der Waals surface area contributed by atoms with Gasteiger partial charge in [-0.2, -0.15) is 0 Å². The van der Waals surface area contributed by atoms with E-state index in [2.05, 4.69) is 46.0 Å². The Morgan fingerprint density at radius 1 is 1.35 bits per heavy atom. The van der Waals surface area contributed by atoms with Crippen molar-refractivity contribution in [3.63, 3.8) is 0 Å². The zero-order chi connectivity index (χ0) is 12.3. The Hall–Kier alpha value is -0.210. The fourth-order valence-corrected chi connectivity index (χ4v) is 3.24. The van der Waals surface area contributed by atoms with Gasteiger partial charge in [-0.1, -0.05) is 13.0 Å². The van der Waals surface area contributed by atoms with Crippen LogP contribution in [0.25, 0.3) is 0 Å². The smallest absolute Gasteiger partial charge is 0.0510 e. The number of benzene rings is 1. The number of alkyl halides is 1. The van der Waals surface area contributed by atoms with E-state index in [1.54, 1.807) is 0 Å². The molecule has 1 nitrogen and oxygen atoms in total. The van der Waals surface area contributed by atoms with Gasteiger partial charge in [-0.25, -0.2) is 0 Å². The summed E-state index contributed by atoms with van der Waals surface area (Å²) >= 11 is 9.51. The van der Waals surface area contributed by atoms with Crippen molar-refractivity contribution in [2.75, 3.05) is 18.0 Å². The summed E-state index contributed by atoms with van der Waals surface area (Å²) < 4.78 is 1.17. The summed E-state index contributed by atoms with van der Waals surface area (Å²) in [6.45, 7) is 4.69. The van der Waals surface area contributed by atoms with Crippen LogP contribution in [0.15, 0.2) is 22.7 Å². The minimum atomic E-state index is 0.579. The second kappa shape index (κ2) is 6.10. The van der Waals surface area contributed by atoms with Gasteiger partial charge in [-0.05, 0) is 58.8 Å². The highest BCUT2D eigenvalue weighted by atomic mass is 79.9. The fraction of sp³-hybridized carbons (Fsp3) is 0.571. The zero-order valence-corrected chi connectivity index (χ0v) is 12.6. The van der Waals surface area contributed by atoms with Crippen molar-refractivity contribution in [1.29, 1.82) is 0 Å². The monoisotopic (exact) mass is 315 g/mol. The molecule has 1 saturated heterocycles. The molecule has 0 amide bonds. The van der Waals surface area contributed by atoms with Gasteiger partial charge in [0.25, 0.3) is 0 Å². The molecule has 0 bridgehead atoms. The van der Waals surface area contributed by atoms with Gasteiger partial charge in [-0.15, -0.1) is 11.6 Å². The maximum Gasteiger partial charge on any atom is 0.0510 e. The average Bonchev–Trinajstić information content (AvgIpc) is 2.54. The number of halogens is 2. The third-order valence-electron chi connectivity index (χ3n) is 3.52. The van der Waals surface area contributed by atoms with E-state index in [0.29, 0.717) is 5.88 Å². The lowest BCUT2D eigenvalue weighted by Crippen LogP contribution is -2.24. The highest BCUT2D eigenvalue weighted by Gasteiger charge is 2.16. The predicted octanol–water partition coefficient (Wildman–Crippen LogP) is 4.81. The molecule has 94 valence electrons. The van der Waals surface area contributed by atoms with E-state index in [-0.39, 0.29) is 0 Å². The molecule has 0 saturated carbocycles. The van der Waals surface area contributed by atoms with E-state index in [4.69, 9.17) is 11.6 Å². The summed E-state index contributed by atoms with van der Waals surface area (Å²) in [5.74, 6) is 1.44. The van der Waals surface area contributed by atoms with Gasteiger partial charge in [0.05, 0.1) is 5.69 Å². The van der Waals surface area contributed by atoms with Gasteiger partial charge in [0.15, 0.2) is 0 Å². The summed E-state index contributed by atoms with van der Waals surface area (Å²) in [5.41, 5.74) is 2.48. The Bertz CT molecular complexity index is 380. The fourth-order valence-electron chi connectivity index (χ4n) is 2.39. The van der Waals surface area contributed by atoms with Crippen LogP contribution in [-0.2, 0) is 5.88 Å². The van der Waals surface area contributed by atoms with E-state index in [1.807, 2.05) is 0 Å². The maximum atomic E-state index is 5.85. The molecule has 2 rings (SSSR count). The highest BCUT2D eigenvalue weighted by molar-refractivity contribution is 9.10. The van der Waals surface area contributed by atoms with E-state index in [0.717, 1.165) is 5.92 Å².